The van der Waals surface area contributed by atoms with Crippen LogP contribution in [0.2, 0.25) is 0 Å². The molecule has 0 amide bonds. The van der Waals surface area contributed by atoms with Crippen LogP contribution in [0.25, 0.3) is 0 Å². The number of carboxylic acid groups (broad SMARTS) is 1. The van der Waals surface area contributed by atoms with E-state index in [2.05, 4.69) is 14.9 Å². The number of aromatic carboxylic acids is 1. The lowest BCUT2D eigenvalue weighted by Gasteiger charge is -2.29. The third kappa shape index (κ3) is 2.51. The van der Waals surface area contributed by atoms with Crippen LogP contribution in [0.1, 0.15) is 22.3 Å². The molecule has 0 bridgehead atoms. The Kier molecular flexibility index (Phi) is 3.21. The number of carboxylic acids is 1. The average molecular weight is 239 g/mol. The number of carbonyl (C=O) groups is 1. The number of aromatic nitrogens is 2. The lowest BCUT2D eigenvalue weighted by Crippen LogP contribution is -2.37. The lowest BCUT2D eigenvalue weighted by molar-refractivity contribution is -0.0256. The van der Waals surface area contributed by atoms with Crippen LogP contribution in [-0.2, 0) is 4.74 Å². The minimum absolute atomic E-state index is 0.315. The Hall–Kier alpha value is -1.73. The molecule has 92 valence electrons. The van der Waals surface area contributed by atoms with Gasteiger partial charge in [0.25, 0.3) is 5.56 Å². The van der Waals surface area contributed by atoms with Gasteiger partial charge in [0.2, 0.25) is 0 Å². The summed E-state index contributed by atoms with van der Waals surface area (Å²) in [4.78, 5) is 30.6. The molecule has 1 aliphatic heterocycles. The van der Waals surface area contributed by atoms with Gasteiger partial charge in [0.1, 0.15) is 17.5 Å². The van der Waals surface area contributed by atoms with Gasteiger partial charge >= 0.3 is 5.97 Å². The maximum atomic E-state index is 11.5. The molecule has 1 saturated heterocycles. The molecule has 1 fully saturated rings. The van der Waals surface area contributed by atoms with E-state index in [0.29, 0.717) is 19.0 Å². The second kappa shape index (κ2) is 4.64. The number of aromatic amines is 1. The van der Waals surface area contributed by atoms with Gasteiger partial charge in [0.15, 0.2) is 0 Å². The first-order valence-electron chi connectivity index (χ1n) is 5.20. The third-order valence-electron chi connectivity index (χ3n) is 2.62. The summed E-state index contributed by atoms with van der Waals surface area (Å²) in [6, 6.07) is 0. The van der Waals surface area contributed by atoms with Crippen molar-refractivity contribution in [1.29, 1.82) is 0 Å². The van der Waals surface area contributed by atoms with E-state index in [1.54, 1.807) is 0 Å². The molecule has 1 aromatic heterocycles. The predicted molar refractivity (Wildman–Crippen MR) is 58.0 cm³/mol. The Labute approximate surface area is 97.0 Å². The van der Waals surface area contributed by atoms with E-state index in [1.165, 1.54) is 0 Å². The van der Waals surface area contributed by atoms with Crippen molar-refractivity contribution in [3.63, 3.8) is 0 Å². The van der Waals surface area contributed by atoms with Gasteiger partial charge < -0.3 is 19.7 Å². The molecule has 0 saturated carbocycles. The SMILES string of the molecule is CN1CCOC(c2ncc(C(=O)O)c(=O)[nH]2)C1. The number of hydrogen-bond acceptors (Lipinski definition) is 5. The molecule has 2 rings (SSSR count). The first kappa shape index (κ1) is 11.7. The van der Waals surface area contributed by atoms with Crippen LogP contribution in [0.15, 0.2) is 11.0 Å². The van der Waals surface area contributed by atoms with E-state index in [4.69, 9.17) is 9.84 Å². The highest BCUT2D eigenvalue weighted by Gasteiger charge is 2.22. The number of morpholine rings is 1. The zero-order valence-corrected chi connectivity index (χ0v) is 9.34. The molecule has 2 N–H and O–H groups in total. The van der Waals surface area contributed by atoms with Crippen LogP contribution in [-0.4, -0.2) is 52.7 Å². The molecule has 7 nitrogen and oxygen atoms in total. The minimum atomic E-state index is -1.29. The fourth-order valence-electron chi connectivity index (χ4n) is 1.67. The number of likely N-dealkylation sites (N-methyl/N-ethyl adjacent to an activating group) is 1. The molecule has 0 spiro atoms. The van der Waals surface area contributed by atoms with Crippen molar-refractivity contribution >= 4 is 5.97 Å². The lowest BCUT2D eigenvalue weighted by atomic mass is 10.2. The van der Waals surface area contributed by atoms with Crippen molar-refractivity contribution in [3.05, 3.63) is 27.9 Å². The topological polar surface area (TPSA) is 95.5 Å². The number of H-pyrrole nitrogens is 1. The van der Waals surface area contributed by atoms with Gasteiger partial charge in [-0.25, -0.2) is 9.78 Å². The highest BCUT2D eigenvalue weighted by molar-refractivity contribution is 5.86. The second-order valence-corrected chi connectivity index (χ2v) is 3.94. The van der Waals surface area contributed by atoms with Crippen molar-refractivity contribution in [1.82, 2.24) is 14.9 Å². The van der Waals surface area contributed by atoms with E-state index >= 15 is 0 Å². The molecule has 7 heteroatoms. The second-order valence-electron chi connectivity index (χ2n) is 3.94. The van der Waals surface area contributed by atoms with Crippen LogP contribution < -0.4 is 5.56 Å². The van der Waals surface area contributed by atoms with Gasteiger partial charge in [-0.15, -0.1) is 0 Å². The van der Waals surface area contributed by atoms with Gasteiger partial charge in [-0.1, -0.05) is 0 Å². The van der Waals surface area contributed by atoms with Crippen molar-refractivity contribution in [2.75, 3.05) is 26.7 Å². The van der Waals surface area contributed by atoms with Gasteiger partial charge in [0.05, 0.1) is 6.61 Å². The highest BCUT2D eigenvalue weighted by Crippen LogP contribution is 2.16. The third-order valence-corrected chi connectivity index (χ3v) is 2.62. The monoisotopic (exact) mass is 239 g/mol. The maximum Gasteiger partial charge on any atom is 0.342 e. The molecule has 0 radical (unpaired) electrons. The van der Waals surface area contributed by atoms with Crippen LogP contribution in [0.4, 0.5) is 0 Å². The smallest absolute Gasteiger partial charge is 0.342 e. The van der Waals surface area contributed by atoms with E-state index in [9.17, 15) is 9.59 Å². The molecule has 1 unspecified atom stereocenters. The standard InChI is InChI=1S/C10H13N3O4/c1-13-2-3-17-7(5-13)8-11-4-6(10(15)16)9(14)12-8/h4,7H,2-3,5H2,1H3,(H,15,16)(H,11,12,14). The summed E-state index contributed by atoms with van der Waals surface area (Å²) in [6.45, 7) is 2.01. The molecule has 17 heavy (non-hydrogen) atoms. The Morgan fingerprint density at radius 3 is 3.06 bits per heavy atom. The summed E-state index contributed by atoms with van der Waals surface area (Å²) in [5, 5.41) is 8.71. The highest BCUT2D eigenvalue weighted by atomic mass is 16.5. The Bertz CT molecular complexity index is 485. The zero-order valence-electron chi connectivity index (χ0n) is 9.34. The number of rotatable bonds is 2. The zero-order chi connectivity index (χ0) is 12.4. The van der Waals surface area contributed by atoms with Gasteiger partial charge in [-0.2, -0.15) is 0 Å². The van der Waals surface area contributed by atoms with E-state index in [-0.39, 0.29) is 11.7 Å². The average Bonchev–Trinajstić information content (AvgIpc) is 2.28. The van der Waals surface area contributed by atoms with Crippen molar-refractivity contribution in [2.45, 2.75) is 6.10 Å². The van der Waals surface area contributed by atoms with E-state index < -0.39 is 11.5 Å². The van der Waals surface area contributed by atoms with Crippen molar-refractivity contribution in [2.24, 2.45) is 0 Å². The Morgan fingerprint density at radius 2 is 2.47 bits per heavy atom. The van der Waals surface area contributed by atoms with Crippen LogP contribution >= 0.6 is 0 Å². The fraction of sp³-hybridized carbons (Fsp3) is 0.500. The summed E-state index contributed by atoms with van der Waals surface area (Å²) in [6.07, 6.45) is 0.748. The first-order chi connectivity index (χ1) is 8.08. The van der Waals surface area contributed by atoms with Gasteiger partial charge in [-0.3, -0.25) is 4.79 Å². The summed E-state index contributed by atoms with van der Waals surface area (Å²) in [7, 11) is 1.94. The summed E-state index contributed by atoms with van der Waals surface area (Å²) in [5.74, 6) is -0.918. The molecule has 1 aliphatic rings. The van der Waals surface area contributed by atoms with E-state index in [1.807, 2.05) is 7.05 Å². The fourth-order valence-corrected chi connectivity index (χ4v) is 1.67. The number of nitrogens with one attached hydrogen (secondary N) is 1. The van der Waals surface area contributed by atoms with Crippen LogP contribution in [0.5, 0.6) is 0 Å². The summed E-state index contributed by atoms with van der Waals surface area (Å²) in [5.41, 5.74) is -1.02. The van der Waals surface area contributed by atoms with Crippen molar-refractivity contribution in [3.8, 4) is 0 Å². The number of ether oxygens (including phenoxy) is 1. The first-order valence-corrected chi connectivity index (χ1v) is 5.20. The molecule has 1 atom stereocenters. The summed E-state index contributed by atoms with van der Waals surface area (Å²) >= 11 is 0. The summed E-state index contributed by atoms with van der Waals surface area (Å²) < 4.78 is 5.47. The molecule has 0 aliphatic carbocycles. The van der Waals surface area contributed by atoms with Crippen LogP contribution in [0, 0.1) is 0 Å². The normalized spacial score (nSPS) is 21.4. The Balaban J connectivity index is 2.25. The molecule has 0 aromatic carbocycles. The molecule has 2 heterocycles. The number of nitrogens with zero attached hydrogens (tertiary/aromatic N) is 2. The quantitative estimate of drug-likeness (QED) is 0.720. The van der Waals surface area contributed by atoms with Gasteiger partial charge in [0, 0.05) is 19.3 Å². The largest absolute Gasteiger partial charge is 0.477 e. The predicted octanol–water partition coefficient (Wildman–Crippen LogP) is -0.529. The van der Waals surface area contributed by atoms with Crippen molar-refractivity contribution < 1.29 is 14.6 Å². The Morgan fingerprint density at radius 1 is 1.71 bits per heavy atom. The van der Waals surface area contributed by atoms with Crippen LogP contribution in [0.3, 0.4) is 0 Å². The minimum Gasteiger partial charge on any atom is -0.477 e. The molecular formula is C10H13N3O4. The molecular weight excluding hydrogens is 226 g/mol. The number of hydrogen-bond donors (Lipinski definition) is 2. The molecule has 1 aromatic rings. The maximum absolute atomic E-state index is 11.5. The van der Waals surface area contributed by atoms with E-state index in [0.717, 1.165) is 12.7 Å². The van der Waals surface area contributed by atoms with Gasteiger partial charge in [-0.05, 0) is 7.05 Å².